The van der Waals surface area contributed by atoms with Crippen LogP contribution in [0.4, 0.5) is 22.0 Å². The lowest BCUT2D eigenvalue weighted by atomic mass is 10.1. The Balaban J connectivity index is 2.23. The van der Waals surface area contributed by atoms with E-state index in [1.165, 1.54) is 30.6 Å². The number of aromatic nitrogens is 1. The summed E-state index contributed by atoms with van der Waals surface area (Å²) in [6.07, 6.45) is -8.48. The van der Waals surface area contributed by atoms with E-state index < -0.39 is 23.9 Å². The van der Waals surface area contributed by atoms with Gasteiger partial charge < -0.3 is 10.5 Å². The SMILES string of the molecule is NC(=O)c1cncc(-c2ccc(OC(F)(F)C(F)(F)F)cc2)c1. The van der Waals surface area contributed by atoms with Gasteiger partial charge >= 0.3 is 12.3 Å². The van der Waals surface area contributed by atoms with Crippen molar-refractivity contribution in [1.82, 2.24) is 4.98 Å². The summed E-state index contributed by atoms with van der Waals surface area (Å²) in [5.41, 5.74) is 6.11. The predicted octanol–water partition coefficient (Wildman–Crippen LogP) is 3.38. The molecule has 2 aromatic rings. The minimum atomic E-state index is -5.81. The van der Waals surface area contributed by atoms with Gasteiger partial charge in [-0.05, 0) is 23.8 Å². The van der Waals surface area contributed by atoms with E-state index in [0.29, 0.717) is 11.1 Å². The molecule has 9 heteroatoms. The van der Waals surface area contributed by atoms with Crippen molar-refractivity contribution in [3.63, 3.8) is 0 Å². The normalized spacial score (nSPS) is 12.0. The number of ether oxygens (including phenoxy) is 1. The number of amides is 1. The molecule has 0 fully saturated rings. The first kappa shape index (κ1) is 16.7. The Hall–Kier alpha value is -2.71. The number of rotatable bonds is 4. The highest BCUT2D eigenvalue weighted by Gasteiger charge is 2.61. The minimum Gasteiger partial charge on any atom is -0.426 e. The highest BCUT2D eigenvalue weighted by molar-refractivity contribution is 5.93. The Kier molecular flexibility index (Phi) is 4.22. The fraction of sp³-hybridized carbons (Fsp3) is 0.143. The third-order valence-electron chi connectivity index (χ3n) is 2.79. The molecule has 0 aliphatic heterocycles. The molecule has 0 aliphatic carbocycles. The van der Waals surface area contributed by atoms with E-state index in [9.17, 15) is 26.7 Å². The van der Waals surface area contributed by atoms with Crippen molar-refractivity contribution in [2.75, 3.05) is 0 Å². The number of hydrogen-bond donors (Lipinski definition) is 1. The largest absolute Gasteiger partial charge is 0.499 e. The van der Waals surface area contributed by atoms with E-state index in [2.05, 4.69) is 9.72 Å². The highest BCUT2D eigenvalue weighted by Crippen LogP contribution is 2.37. The molecule has 4 nitrogen and oxygen atoms in total. The summed E-state index contributed by atoms with van der Waals surface area (Å²) < 4.78 is 65.4. The van der Waals surface area contributed by atoms with Crippen LogP contribution in [0.15, 0.2) is 42.7 Å². The van der Waals surface area contributed by atoms with Crippen molar-refractivity contribution in [2.45, 2.75) is 12.3 Å². The lowest BCUT2D eigenvalue weighted by Crippen LogP contribution is -2.41. The number of halogens is 5. The second-order valence-electron chi connectivity index (χ2n) is 4.47. The second-order valence-corrected chi connectivity index (χ2v) is 4.47. The van der Waals surface area contributed by atoms with E-state index in [0.717, 1.165) is 12.1 Å². The molecule has 2 rings (SSSR count). The van der Waals surface area contributed by atoms with Gasteiger partial charge in [0, 0.05) is 18.0 Å². The molecule has 0 unspecified atom stereocenters. The maximum absolute atomic E-state index is 12.8. The van der Waals surface area contributed by atoms with Gasteiger partial charge in [0.25, 0.3) is 0 Å². The summed E-state index contributed by atoms with van der Waals surface area (Å²) in [7, 11) is 0. The summed E-state index contributed by atoms with van der Waals surface area (Å²) in [6.45, 7) is 0. The maximum atomic E-state index is 12.8. The fourth-order valence-corrected chi connectivity index (χ4v) is 1.65. The molecule has 1 aromatic carbocycles. The standard InChI is InChI=1S/C14H9F5N2O2/c15-13(16,17)14(18,19)23-11-3-1-8(2-4-11)9-5-10(12(20)22)7-21-6-9/h1-7H,(H2,20,22). The van der Waals surface area contributed by atoms with Gasteiger partial charge in [0.15, 0.2) is 0 Å². The molecule has 0 aliphatic rings. The van der Waals surface area contributed by atoms with Crippen molar-refractivity contribution in [1.29, 1.82) is 0 Å². The number of primary amides is 1. The molecule has 0 atom stereocenters. The van der Waals surface area contributed by atoms with Crippen molar-refractivity contribution in [3.05, 3.63) is 48.3 Å². The van der Waals surface area contributed by atoms with E-state index >= 15 is 0 Å². The van der Waals surface area contributed by atoms with Crippen LogP contribution in [0.5, 0.6) is 5.75 Å². The first-order chi connectivity index (χ1) is 10.6. The van der Waals surface area contributed by atoms with Crippen molar-refractivity contribution >= 4 is 5.91 Å². The van der Waals surface area contributed by atoms with E-state index in [1.807, 2.05) is 0 Å². The lowest BCUT2D eigenvalue weighted by molar-refractivity contribution is -0.360. The van der Waals surface area contributed by atoms with Crippen LogP contribution in [0.25, 0.3) is 11.1 Å². The maximum Gasteiger partial charge on any atom is 0.499 e. The van der Waals surface area contributed by atoms with Gasteiger partial charge in [-0.3, -0.25) is 9.78 Å². The molecule has 2 N–H and O–H groups in total. The zero-order chi connectivity index (χ0) is 17.3. The number of alkyl halides is 5. The number of nitrogens with two attached hydrogens (primary N) is 1. The molecule has 0 radical (unpaired) electrons. The molecule has 1 aromatic heterocycles. The first-order valence-corrected chi connectivity index (χ1v) is 6.09. The molecule has 0 bridgehead atoms. The molecule has 23 heavy (non-hydrogen) atoms. The number of hydrogen-bond acceptors (Lipinski definition) is 3. The smallest absolute Gasteiger partial charge is 0.426 e. The van der Waals surface area contributed by atoms with Crippen LogP contribution in [0.3, 0.4) is 0 Å². The van der Waals surface area contributed by atoms with Crippen LogP contribution >= 0.6 is 0 Å². The van der Waals surface area contributed by atoms with Crippen LogP contribution in [-0.2, 0) is 0 Å². The molecule has 1 amide bonds. The summed E-state index contributed by atoms with van der Waals surface area (Å²) in [6, 6.07) is 5.82. The molecular weight excluding hydrogens is 323 g/mol. The summed E-state index contributed by atoms with van der Waals surface area (Å²) >= 11 is 0. The third kappa shape index (κ3) is 3.74. The first-order valence-electron chi connectivity index (χ1n) is 6.09. The van der Waals surface area contributed by atoms with Gasteiger partial charge in [0.1, 0.15) is 5.75 Å². The number of nitrogens with zero attached hydrogens (tertiary/aromatic N) is 1. The van der Waals surface area contributed by atoms with Crippen LogP contribution in [0.2, 0.25) is 0 Å². The lowest BCUT2D eigenvalue weighted by Gasteiger charge is -2.20. The monoisotopic (exact) mass is 332 g/mol. The Bertz CT molecular complexity index is 714. The fourth-order valence-electron chi connectivity index (χ4n) is 1.65. The summed E-state index contributed by atoms with van der Waals surface area (Å²) in [4.78, 5) is 14.9. The van der Waals surface area contributed by atoms with Gasteiger partial charge in [-0.1, -0.05) is 12.1 Å². The summed E-state index contributed by atoms with van der Waals surface area (Å²) in [5.74, 6) is -1.36. The number of benzene rings is 1. The minimum absolute atomic E-state index is 0.131. The van der Waals surface area contributed by atoms with E-state index in [4.69, 9.17) is 5.73 Å². The van der Waals surface area contributed by atoms with Gasteiger partial charge in [-0.15, -0.1) is 0 Å². The van der Waals surface area contributed by atoms with Crippen LogP contribution in [-0.4, -0.2) is 23.2 Å². The van der Waals surface area contributed by atoms with Crippen molar-refractivity contribution in [2.24, 2.45) is 5.73 Å². The molecule has 0 saturated heterocycles. The number of pyridine rings is 1. The molecule has 1 heterocycles. The molecular formula is C14H9F5N2O2. The molecule has 0 saturated carbocycles. The van der Waals surface area contributed by atoms with E-state index in [1.54, 1.807) is 0 Å². The second kappa shape index (κ2) is 5.82. The predicted molar refractivity (Wildman–Crippen MR) is 69.8 cm³/mol. The van der Waals surface area contributed by atoms with Crippen LogP contribution < -0.4 is 10.5 Å². The number of carbonyl (C=O) groups excluding carboxylic acids is 1. The van der Waals surface area contributed by atoms with Gasteiger partial charge in [-0.2, -0.15) is 22.0 Å². The van der Waals surface area contributed by atoms with Crippen molar-refractivity contribution < 1.29 is 31.5 Å². The van der Waals surface area contributed by atoms with Crippen LogP contribution in [0.1, 0.15) is 10.4 Å². The number of carbonyl (C=O) groups is 1. The van der Waals surface area contributed by atoms with E-state index in [-0.39, 0.29) is 5.56 Å². The average molecular weight is 332 g/mol. The topological polar surface area (TPSA) is 65.2 Å². The summed E-state index contributed by atoms with van der Waals surface area (Å²) in [5, 5.41) is 0. The molecule has 122 valence electrons. The van der Waals surface area contributed by atoms with Crippen LogP contribution in [0, 0.1) is 0 Å². The van der Waals surface area contributed by atoms with Gasteiger partial charge in [-0.25, -0.2) is 0 Å². The zero-order valence-corrected chi connectivity index (χ0v) is 11.3. The average Bonchev–Trinajstić information content (AvgIpc) is 2.46. The Morgan fingerprint density at radius 3 is 2.13 bits per heavy atom. The van der Waals surface area contributed by atoms with Crippen molar-refractivity contribution in [3.8, 4) is 16.9 Å². The Labute approximate surface area is 126 Å². The highest BCUT2D eigenvalue weighted by atomic mass is 19.4. The Morgan fingerprint density at radius 2 is 1.61 bits per heavy atom. The quantitative estimate of drug-likeness (QED) is 0.873. The van der Waals surface area contributed by atoms with Gasteiger partial charge in [0.05, 0.1) is 5.56 Å². The molecule has 0 spiro atoms. The zero-order valence-electron chi connectivity index (χ0n) is 11.3. The van der Waals surface area contributed by atoms with Gasteiger partial charge in [0.2, 0.25) is 5.91 Å². The Morgan fingerprint density at radius 1 is 1.00 bits per heavy atom. The third-order valence-corrected chi connectivity index (χ3v) is 2.79.